The second-order valence-electron chi connectivity index (χ2n) is 4.22. The van der Waals surface area contributed by atoms with Crippen molar-refractivity contribution in [3.05, 3.63) is 43.8 Å². The summed E-state index contributed by atoms with van der Waals surface area (Å²) >= 11 is 3.84. The summed E-state index contributed by atoms with van der Waals surface area (Å²) < 4.78 is 0. The van der Waals surface area contributed by atoms with Crippen LogP contribution < -0.4 is 5.32 Å². The van der Waals surface area contributed by atoms with Crippen molar-refractivity contribution in [2.75, 3.05) is 7.05 Å². The fourth-order valence-electron chi connectivity index (χ4n) is 1.91. The summed E-state index contributed by atoms with van der Waals surface area (Å²) in [5, 5.41) is 3.42. The van der Waals surface area contributed by atoms with Crippen LogP contribution in [0.15, 0.2) is 24.3 Å². The first-order valence-corrected chi connectivity index (χ1v) is 7.67. The first kappa shape index (κ1) is 12.8. The van der Waals surface area contributed by atoms with Crippen molar-refractivity contribution in [1.82, 2.24) is 5.32 Å². The highest BCUT2D eigenvalue weighted by molar-refractivity contribution is 7.12. The third-order valence-corrected chi connectivity index (χ3v) is 5.29. The van der Waals surface area contributed by atoms with Gasteiger partial charge in [-0.15, -0.1) is 22.7 Å². The van der Waals surface area contributed by atoms with E-state index in [2.05, 4.69) is 43.4 Å². The summed E-state index contributed by atoms with van der Waals surface area (Å²) in [4.78, 5) is 5.79. The lowest BCUT2D eigenvalue weighted by atomic mass is 10.1. The molecule has 0 saturated carbocycles. The van der Waals surface area contributed by atoms with Gasteiger partial charge in [-0.2, -0.15) is 0 Å². The van der Waals surface area contributed by atoms with Gasteiger partial charge in [0, 0.05) is 32.0 Å². The molecule has 0 amide bonds. The van der Waals surface area contributed by atoms with E-state index in [9.17, 15) is 0 Å². The van der Waals surface area contributed by atoms with Gasteiger partial charge in [0.1, 0.15) is 0 Å². The average Bonchev–Trinajstić information content (AvgIpc) is 2.94. The topological polar surface area (TPSA) is 12.0 Å². The van der Waals surface area contributed by atoms with Crippen LogP contribution in [0.25, 0.3) is 0 Å². The molecular formula is C14H19NS2. The number of likely N-dealkylation sites (N-methyl/N-ethyl adjacent to an activating group) is 1. The lowest BCUT2D eigenvalue weighted by molar-refractivity contribution is 0.607. The van der Waals surface area contributed by atoms with Crippen molar-refractivity contribution >= 4 is 22.7 Å². The lowest BCUT2D eigenvalue weighted by Crippen LogP contribution is -2.17. The molecule has 3 heteroatoms. The van der Waals surface area contributed by atoms with Gasteiger partial charge >= 0.3 is 0 Å². The Labute approximate surface area is 112 Å². The van der Waals surface area contributed by atoms with Crippen molar-refractivity contribution in [2.45, 2.75) is 32.7 Å². The minimum Gasteiger partial charge on any atom is -0.312 e. The standard InChI is InChI=1S/C14H19NS2/c1-4-11-6-7-12(17-11)9-13(15-3)14-8-5-10(2)16-14/h5-8,13,15H,4,9H2,1-3H3. The second-order valence-corrected chi connectivity index (χ2v) is 6.79. The molecule has 2 rings (SSSR count). The summed E-state index contributed by atoms with van der Waals surface area (Å²) in [7, 11) is 2.05. The zero-order chi connectivity index (χ0) is 12.3. The van der Waals surface area contributed by atoms with Crippen molar-refractivity contribution in [2.24, 2.45) is 0 Å². The number of hydrogen-bond acceptors (Lipinski definition) is 3. The molecule has 1 N–H and O–H groups in total. The molecule has 0 aliphatic carbocycles. The Balaban J connectivity index is 2.09. The van der Waals surface area contributed by atoms with E-state index < -0.39 is 0 Å². The highest BCUT2D eigenvalue weighted by Crippen LogP contribution is 2.28. The molecule has 17 heavy (non-hydrogen) atoms. The third kappa shape index (κ3) is 3.18. The van der Waals surface area contributed by atoms with Crippen LogP contribution in [0.1, 0.15) is 32.5 Å². The third-order valence-electron chi connectivity index (χ3n) is 2.92. The van der Waals surface area contributed by atoms with Crippen LogP contribution >= 0.6 is 22.7 Å². The molecule has 1 atom stereocenters. The van der Waals surface area contributed by atoms with Gasteiger partial charge in [0.15, 0.2) is 0 Å². The number of nitrogens with one attached hydrogen (secondary N) is 1. The van der Waals surface area contributed by atoms with Crippen LogP contribution in [0.5, 0.6) is 0 Å². The van der Waals surface area contributed by atoms with E-state index in [4.69, 9.17) is 0 Å². The van der Waals surface area contributed by atoms with Gasteiger partial charge in [0.05, 0.1) is 0 Å². The molecule has 0 aromatic carbocycles. The van der Waals surface area contributed by atoms with Gasteiger partial charge < -0.3 is 5.32 Å². The van der Waals surface area contributed by atoms with Crippen LogP contribution in [0.4, 0.5) is 0 Å². The molecule has 92 valence electrons. The first-order chi connectivity index (χ1) is 8.22. The maximum absolute atomic E-state index is 3.42. The highest BCUT2D eigenvalue weighted by atomic mass is 32.1. The molecule has 1 nitrogen and oxygen atoms in total. The van der Waals surface area contributed by atoms with Gasteiger partial charge in [-0.3, -0.25) is 0 Å². The first-order valence-electron chi connectivity index (χ1n) is 6.04. The number of aryl methyl sites for hydroxylation is 2. The molecule has 0 aliphatic rings. The van der Waals surface area contributed by atoms with Crippen LogP contribution in [-0.2, 0) is 12.8 Å². The molecule has 0 saturated heterocycles. The minimum absolute atomic E-state index is 0.456. The fourth-order valence-corrected chi connectivity index (χ4v) is 3.90. The maximum Gasteiger partial charge on any atom is 0.0461 e. The van der Waals surface area contributed by atoms with Gasteiger partial charge in [-0.25, -0.2) is 0 Å². The van der Waals surface area contributed by atoms with E-state index in [0.29, 0.717) is 6.04 Å². The molecular weight excluding hydrogens is 246 g/mol. The molecule has 0 aliphatic heterocycles. The maximum atomic E-state index is 3.42. The van der Waals surface area contributed by atoms with E-state index >= 15 is 0 Å². The Morgan fingerprint density at radius 3 is 2.41 bits per heavy atom. The van der Waals surface area contributed by atoms with E-state index in [-0.39, 0.29) is 0 Å². The lowest BCUT2D eigenvalue weighted by Gasteiger charge is -2.13. The van der Waals surface area contributed by atoms with Gasteiger partial charge in [0.2, 0.25) is 0 Å². The quantitative estimate of drug-likeness (QED) is 0.855. The SMILES string of the molecule is CCc1ccc(CC(NC)c2ccc(C)s2)s1. The van der Waals surface area contributed by atoms with Crippen molar-refractivity contribution < 1.29 is 0 Å². The van der Waals surface area contributed by atoms with Crippen molar-refractivity contribution in [1.29, 1.82) is 0 Å². The molecule has 0 fully saturated rings. The Bertz CT molecular complexity index is 470. The molecule has 0 radical (unpaired) electrons. The van der Waals surface area contributed by atoms with E-state index in [1.165, 1.54) is 19.5 Å². The van der Waals surface area contributed by atoms with Crippen LogP contribution in [0, 0.1) is 6.92 Å². The Kier molecular flexibility index (Phi) is 4.37. The predicted octanol–water partition coefficient (Wildman–Crippen LogP) is 4.18. The molecule has 1 unspecified atom stereocenters. The molecule has 0 spiro atoms. The number of hydrogen-bond donors (Lipinski definition) is 1. The van der Waals surface area contributed by atoms with Crippen LogP contribution in [-0.4, -0.2) is 7.05 Å². The van der Waals surface area contributed by atoms with E-state index in [0.717, 1.165) is 12.8 Å². The molecule has 2 aromatic rings. The van der Waals surface area contributed by atoms with Gasteiger partial charge in [-0.05, 0) is 44.7 Å². The van der Waals surface area contributed by atoms with Crippen LogP contribution in [0.2, 0.25) is 0 Å². The number of rotatable bonds is 5. The van der Waals surface area contributed by atoms with Crippen molar-refractivity contribution in [3.63, 3.8) is 0 Å². The fraction of sp³-hybridized carbons (Fsp3) is 0.429. The monoisotopic (exact) mass is 265 g/mol. The summed E-state index contributed by atoms with van der Waals surface area (Å²) in [5.74, 6) is 0. The molecule has 0 bridgehead atoms. The smallest absolute Gasteiger partial charge is 0.0461 e. The Hall–Kier alpha value is -0.640. The van der Waals surface area contributed by atoms with Crippen LogP contribution in [0.3, 0.4) is 0 Å². The normalized spacial score (nSPS) is 12.9. The molecule has 2 aromatic heterocycles. The van der Waals surface area contributed by atoms with Crippen molar-refractivity contribution in [3.8, 4) is 0 Å². The largest absolute Gasteiger partial charge is 0.312 e. The second kappa shape index (κ2) is 5.80. The average molecular weight is 265 g/mol. The number of thiophene rings is 2. The zero-order valence-corrected chi connectivity index (χ0v) is 12.3. The van der Waals surface area contributed by atoms with E-state index in [1.807, 2.05) is 29.7 Å². The minimum atomic E-state index is 0.456. The van der Waals surface area contributed by atoms with Gasteiger partial charge in [-0.1, -0.05) is 6.92 Å². The summed E-state index contributed by atoms with van der Waals surface area (Å²) in [6, 6.07) is 9.43. The van der Waals surface area contributed by atoms with Gasteiger partial charge in [0.25, 0.3) is 0 Å². The highest BCUT2D eigenvalue weighted by Gasteiger charge is 2.13. The summed E-state index contributed by atoms with van der Waals surface area (Å²) in [5.41, 5.74) is 0. The summed E-state index contributed by atoms with van der Waals surface area (Å²) in [6.45, 7) is 4.38. The Morgan fingerprint density at radius 1 is 1.12 bits per heavy atom. The summed E-state index contributed by atoms with van der Waals surface area (Å²) in [6.07, 6.45) is 2.24. The zero-order valence-electron chi connectivity index (χ0n) is 10.6. The predicted molar refractivity (Wildman–Crippen MR) is 78.3 cm³/mol. The molecule has 2 heterocycles. The van der Waals surface area contributed by atoms with E-state index in [1.54, 1.807) is 0 Å². The Morgan fingerprint density at radius 2 is 1.88 bits per heavy atom.